The van der Waals surface area contributed by atoms with Crippen molar-refractivity contribution in [3.8, 4) is 11.4 Å². The van der Waals surface area contributed by atoms with Gasteiger partial charge in [-0.3, -0.25) is 9.67 Å². The van der Waals surface area contributed by atoms with Crippen molar-refractivity contribution < 1.29 is 8.42 Å². The van der Waals surface area contributed by atoms with Gasteiger partial charge in [0.1, 0.15) is 10.7 Å². The van der Waals surface area contributed by atoms with E-state index < -0.39 is 10.0 Å². The van der Waals surface area contributed by atoms with Crippen LogP contribution < -0.4 is 0 Å². The van der Waals surface area contributed by atoms with Gasteiger partial charge in [-0.15, -0.1) is 0 Å². The number of sulfonamides is 1. The van der Waals surface area contributed by atoms with Crippen molar-refractivity contribution >= 4 is 10.0 Å². The summed E-state index contributed by atoms with van der Waals surface area (Å²) in [5.74, 6) is 0.845. The lowest BCUT2D eigenvalue weighted by molar-refractivity contribution is 0.450. The van der Waals surface area contributed by atoms with Crippen molar-refractivity contribution in [3.05, 3.63) is 47.8 Å². The molecule has 1 fully saturated rings. The maximum Gasteiger partial charge on any atom is 0.246 e. The first kappa shape index (κ1) is 18.8. The molecule has 1 aliphatic rings. The maximum absolute atomic E-state index is 13.3. The van der Waals surface area contributed by atoms with E-state index in [1.807, 2.05) is 25.3 Å². The quantitative estimate of drug-likeness (QED) is 0.670. The van der Waals surface area contributed by atoms with Crippen molar-refractivity contribution in [1.29, 1.82) is 0 Å². The maximum atomic E-state index is 13.3. The molecule has 1 saturated heterocycles. The van der Waals surface area contributed by atoms with Gasteiger partial charge in [-0.25, -0.2) is 13.4 Å². The Kier molecular flexibility index (Phi) is 4.59. The molecule has 148 valence electrons. The molecule has 28 heavy (non-hydrogen) atoms. The van der Waals surface area contributed by atoms with Crippen LogP contribution in [0.4, 0.5) is 0 Å². The molecule has 3 aromatic heterocycles. The number of aryl methyl sites for hydroxylation is 3. The Hall–Kier alpha value is -2.52. The SMILES string of the molecule is Cc1nn(C)c(C)c1S(=O)(=O)N1CCC(n2c(C)cnc2-c2ccncc2)C1. The summed E-state index contributed by atoms with van der Waals surface area (Å²) in [7, 11) is -1.82. The molecular formula is C19H24N6O2S. The highest BCUT2D eigenvalue weighted by molar-refractivity contribution is 7.89. The Morgan fingerprint density at radius 3 is 2.50 bits per heavy atom. The summed E-state index contributed by atoms with van der Waals surface area (Å²) in [4.78, 5) is 8.96. The molecule has 4 rings (SSSR count). The summed E-state index contributed by atoms with van der Waals surface area (Å²) in [6.07, 6.45) is 6.06. The second-order valence-corrected chi connectivity index (χ2v) is 9.13. The largest absolute Gasteiger partial charge is 0.324 e. The van der Waals surface area contributed by atoms with E-state index in [0.29, 0.717) is 29.4 Å². The van der Waals surface area contributed by atoms with Gasteiger partial charge in [0.25, 0.3) is 0 Å². The number of rotatable bonds is 4. The monoisotopic (exact) mass is 400 g/mol. The van der Waals surface area contributed by atoms with E-state index in [9.17, 15) is 8.42 Å². The Bertz CT molecular complexity index is 1120. The fourth-order valence-corrected chi connectivity index (χ4v) is 5.91. The molecule has 1 unspecified atom stereocenters. The minimum Gasteiger partial charge on any atom is -0.324 e. The summed E-state index contributed by atoms with van der Waals surface area (Å²) in [6.45, 7) is 6.45. The molecule has 1 aliphatic heterocycles. The molecular weight excluding hydrogens is 376 g/mol. The molecule has 0 aromatic carbocycles. The van der Waals surface area contributed by atoms with Gasteiger partial charge in [0, 0.05) is 50.0 Å². The minimum atomic E-state index is -3.59. The number of aromatic nitrogens is 5. The average Bonchev–Trinajstić information content (AvgIpc) is 3.34. The molecule has 0 N–H and O–H groups in total. The van der Waals surface area contributed by atoms with Gasteiger partial charge in [0.05, 0.1) is 17.4 Å². The van der Waals surface area contributed by atoms with Crippen LogP contribution in [0, 0.1) is 20.8 Å². The predicted octanol–water partition coefficient (Wildman–Crippen LogP) is 2.24. The Morgan fingerprint density at radius 2 is 1.86 bits per heavy atom. The van der Waals surface area contributed by atoms with Crippen molar-refractivity contribution in [2.24, 2.45) is 7.05 Å². The van der Waals surface area contributed by atoms with E-state index in [1.165, 1.54) is 0 Å². The van der Waals surface area contributed by atoms with E-state index in [2.05, 4.69) is 19.6 Å². The third-order valence-electron chi connectivity index (χ3n) is 5.45. The molecule has 0 bridgehead atoms. The van der Waals surface area contributed by atoms with Crippen molar-refractivity contribution in [1.82, 2.24) is 28.6 Å². The summed E-state index contributed by atoms with van der Waals surface area (Å²) in [5.41, 5.74) is 3.20. The molecule has 8 nitrogen and oxygen atoms in total. The Labute approximate surface area is 164 Å². The molecule has 1 atom stereocenters. The fourth-order valence-electron chi connectivity index (χ4n) is 4.02. The lowest BCUT2D eigenvalue weighted by Crippen LogP contribution is -2.30. The highest BCUT2D eigenvalue weighted by Crippen LogP contribution is 2.33. The number of nitrogens with zero attached hydrogens (tertiary/aromatic N) is 6. The molecule has 0 radical (unpaired) electrons. The van der Waals surface area contributed by atoms with Crippen LogP contribution in [0.1, 0.15) is 29.5 Å². The zero-order valence-electron chi connectivity index (χ0n) is 16.5. The lowest BCUT2D eigenvalue weighted by Gasteiger charge is -2.20. The van der Waals surface area contributed by atoms with Gasteiger partial charge >= 0.3 is 0 Å². The second kappa shape index (κ2) is 6.82. The third-order valence-corrected chi connectivity index (χ3v) is 7.57. The number of imidazole rings is 1. The van der Waals surface area contributed by atoms with Crippen LogP contribution in [-0.4, -0.2) is 50.1 Å². The van der Waals surface area contributed by atoms with Crippen molar-refractivity contribution in [2.45, 2.75) is 38.1 Å². The van der Waals surface area contributed by atoms with Gasteiger partial charge in [0.15, 0.2) is 0 Å². The summed E-state index contributed by atoms with van der Waals surface area (Å²) in [5, 5.41) is 4.27. The van der Waals surface area contributed by atoms with Crippen molar-refractivity contribution in [3.63, 3.8) is 0 Å². The Balaban J connectivity index is 1.67. The zero-order valence-corrected chi connectivity index (χ0v) is 17.3. The number of hydrogen-bond donors (Lipinski definition) is 0. The lowest BCUT2D eigenvalue weighted by atomic mass is 10.2. The summed E-state index contributed by atoms with van der Waals surface area (Å²) < 4.78 is 31.9. The summed E-state index contributed by atoms with van der Waals surface area (Å²) in [6, 6.07) is 3.88. The van der Waals surface area contributed by atoms with Crippen LogP contribution in [-0.2, 0) is 17.1 Å². The Morgan fingerprint density at radius 1 is 1.14 bits per heavy atom. The molecule has 0 aliphatic carbocycles. The van der Waals surface area contributed by atoms with Crippen LogP contribution in [0.2, 0.25) is 0 Å². The first-order valence-corrected chi connectivity index (χ1v) is 10.7. The van der Waals surface area contributed by atoms with E-state index in [0.717, 1.165) is 23.5 Å². The third kappa shape index (κ3) is 2.94. The van der Waals surface area contributed by atoms with Crippen LogP contribution in [0.15, 0.2) is 35.6 Å². The van der Waals surface area contributed by atoms with Gasteiger partial charge in [0.2, 0.25) is 10.0 Å². The van der Waals surface area contributed by atoms with E-state index >= 15 is 0 Å². The van der Waals surface area contributed by atoms with E-state index in [1.54, 1.807) is 42.3 Å². The van der Waals surface area contributed by atoms with Gasteiger partial charge in [-0.1, -0.05) is 0 Å². The first-order chi connectivity index (χ1) is 13.3. The molecule has 9 heteroatoms. The predicted molar refractivity (Wildman–Crippen MR) is 105 cm³/mol. The first-order valence-electron chi connectivity index (χ1n) is 9.25. The highest BCUT2D eigenvalue weighted by atomic mass is 32.2. The smallest absolute Gasteiger partial charge is 0.246 e. The van der Waals surface area contributed by atoms with Crippen LogP contribution in [0.3, 0.4) is 0 Å². The van der Waals surface area contributed by atoms with Crippen molar-refractivity contribution in [2.75, 3.05) is 13.1 Å². The van der Waals surface area contributed by atoms with Gasteiger partial charge in [-0.2, -0.15) is 9.40 Å². The van der Waals surface area contributed by atoms with Crippen LogP contribution >= 0.6 is 0 Å². The summed E-state index contributed by atoms with van der Waals surface area (Å²) >= 11 is 0. The standard InChI is InChI=1S/C19H24N6O2S/c1-13-11-21-19(16-5-8-20-9-6-16)25(13)17-7-10-24(12-17)28(26,27)18-14(2)22-23(4)15(18)3/h5-6,8-9,11,17H,7,10,12H2,1-4H3. The fraction of sp³-hybridized carbons (Fsp3) is 0.421. The molecule has 0 amide bonds. The highest BCUT2D eigenvalue weighted by Gasteiger charge is 2.37. The second-order valence-electron chi connectivity index (χ2n) is 7.26. The molecule has 0 spiro atoms. The van der Waals surface area contributed by atoms with E-state index in [4.69, 9.17) is 0 Å². The molecule has 0 saturated carbocycles. The average molecular weight is 401 g/mol. The molecule has 3 aromatic rings. The normalized spacial score (nSPS) is 18.1. The number of pyridine rings is 1. The van der Waals surface area contributed by atoms with Crippen LogP contribution in [0.5, 0.6) is 0 Å². The zero-order chi connectivity index (χ0) is 20.1. The van der Waals surface area contributed by atoms with Crippen LogP contribution in [0.25, 0.3) is 11.4 Å². The van der Waals surface area contributed by atoms with E-state index in [-0.39, 0.29) is 6.04 Å². The molecule has 4 heterocycles. The van der Waals surface area contributed by atoms with Gasteiger partial charge < -0.3 is 4.57 Å². The van der Waals surface area contributed by atoms with Gasteiger partial charge in [-0.05, 0) is 39.3 Å². The topological polar surface area (TPSA) is 85.9 Å². The number of hydrogen-bond acceptors (Lipinski definition) is 5. The minimum absolute atomic E-state index is 0.0396.